The van der Waals surface area contributed by atoms with Crippen molar-refractivity contribution in [1.29, 1.82) is 0 Å². The molecule has 19 heavy (non-hydrogen) atoms. The van der Waals surface area contributed by atoms with Crippen LogP contribution < -0.4 is 5.32 Å². The van der Waals surface area contributed by atoms with Gasteiger partial charge in [-0.3, -0.25) is 4.68 Å². The van der Waals surface area contributed by atoms with Crippen LogP contribution in [0, 0.1) is 13.8 Å². The Hall–Kier alpha value is -1.82. The van der Waals surface area contributed by atoms with Crippen LogP contribution in [0.1, 0.15) is 22.3 Å². The first-order valence-corrected chi connectivity index (χ1v) is 6.87. The van der Waals surface area contributed by atoms with Gasteiger partial charge in [0.2, 0.25) is 0 Å². The van der Waals surface area contributed by atoms with E-state index >= 15 is 0 Å². The molecule has 1 unspecified atom stereocenters. The van der Waals surface area contributed by atoms with Gasteiger partial charge in [0.1, 0.15) is 6.04 Å². The van der Waals surface area contributed by atoms with E-state index in [0.717, 1.165) is 16.3 Å². The molecule has 2 aromatic rings. The van der Waals surface area contributed by atoms with Gasteiger partial charge >= 0.3 is 6.09 Å². The second kappa shape index (κ2) is 5.88. The quantitative estimate of drug-likeness (QED) is 0.935. The summed E-state index contributed by atoms with van der Waals surface area (Å²) in [6.45, 7) is 4.43. The lowest BCUT2D eigenvalue weighted by atomic mass is 10.2. The van der Waals surface area contributed by atoms with E-state index in [9.17, 15) is 4.79 Å². The van der Waals surface area contributed by atoms with Crippen molar-refractivity contribution in [2.24, 2.45) is 0 Å². The number of hydrogen-bond donors (Lipinski definition) is 1. The Morgan fingerprint density at radius 2 is 2.37 bits per heavy atom. The molecular weight excluding hydrogens is 262 g/mol. The molecule has 0 saturated carbocycles. The van der Waals surface area contributed by atoms with E-state index in [-0.39, 0.29) is 6.04 Å². The smallest absolute Gasteiger partial charge is 0.406 e. The van der Waals surface area contributed by atoms with Crippen LogP contribution >= 0.6 is 11.3 Å². The van der Waals surface area contributed by atoms with Gasteiger partial charge in [0.05, 0.1) is 12.8 Å². The third-order valence-corrected chi connectivity index (χ3v) is 3.81. The van der Waals surface area contributed by atoms with Crippen molar-refractivity contribution in [1.82, 2.24) is 15.1 Å². The second-order valence-corrected chi connectivity index (χ2v) is 5.25. The zero-order valence-electron chi connectivity index (χ0n) is 11.2. The largest absolute Gasteiger partial charge is 0.453 e. The number of alkyl carbamates (subject to hydrolysis) is 1. The molecular formula is C13H17N3O2S. The first-order valence-electron chi connectivity index (χ1n) is 5.99. The third-order valence-electron chi connectivity index (χ3n) is 2.84. The average molecular weight is 279 g/mol. The van der Waals surface area contributed by atoms with Crippen LogP contribution in [0.2, 0.25) is 0 Å². The highest BCUT2D eigenvalue weighted by Gasteiger charge is 2.19. The minimum atomic E-state index is -0.428. The normalized spacial score (nSPS) is 12.2. The van der Waals surface area contributed by atoms with Crippen LogP contribution in [0.25, 0.3) is 0 Å². The predicted molar refractivity (Wildman–Crippen MR) is 74.6 cm³/mol. The number of thiophene rings is 1. The van der Waals surface area contributed by atoms with Crippen molar-refractivity contribution in [2.45, 2.75) is 19.9 Å². The zero-order valence-corrected chi connectivity index (χ0v) is 12.0. The van der Waals surface area contributed by atoms with Crippen molar-refractivity contribution >= 4 is 17.4 Å². The van der Waals surface area contributed by atoms with Crippen LogP contribution in [0.3, 0.4) is 0 Å². The Balaban J connectivity index is 2.24. The molecule has 1 atom stereocenters. The fourth-order valence-electron chi connectivity index (χ4n) is 2.00. The zero-order chi connectivity index (χ0) is 13.8. The van der Waals surface area contributed by atoms with Crippen molar-refractivity contribution in [2.75, 3.05) is 13.7 Å². The molecule has 0 spiro atoms. The molecule has 0 aliphatic heterocycles. The average Bonchev–Trinajstić information content (AvgIpc) is 3.00. The molecule has 0 radical (unpaired) electrons. The number of nitrogens with zero attached hydrogens (tertiary/aromatic N) is 2. The molecule has 1 amide bonds. The lowest BCUT2D eigenvalue weighted by Gasteiger charge is -2.18. The number of ether oxygens (including phenoxy) is 1. The molecule has 2 aromatic heterocycles. The summed E-state index contributed by atoms with van der Waals surface area (Å²) in [4.78, 5) is 12.4. The van der Waals surface area contributed by atoms with Crippen LogP contribution in [-0.4, -0.2) is 29.5 Å². The molecule has 0 fully saturated rings. The van der Waals surface area contributed by atoms with Crippen molar-refractivity contribution in [3.8, 4) is 0 Å². The van der Waals surface area contributed by atoms with E-state index in [1.165, 1.54) is 7.11 Å². The lowest BCUT2D eigenvalue weighted by Crippen LogP contribution is -2.31. The maximum Gasteiger partial charge on any atom is 0.406 e. The Kier molecular flexibility index (Phi) is 4.21. The Labute approximate surface area is 116 Å². The van der Waals surface area contributed by atoms with Crippen LogP contribution in [-0.2, 0) is 4.74 Å². The number of nitrogens with one attached hydrogen (secondary N) is 1. The molecule has 0 aliphatic rings. The molecule has 5 nitrogen and oxygen atoms in total. The maximum absolute atomic E-state index is 11.2. The van der Waals surface area contributed by atoms with Crippen LogP contribution in [0.4, 0.5) is 4.79 Å². The topological polar surface area (TPSA) is 56.1 Å². The molecule has 6 heteroatoms. The van der Waals surface area contributed by atoms with Crippen molar-refractivity contribution < 1.29 is 9.53 Å². The first-order chi connectivity index (χ1) is 9.11. The number of aryl methyl sites for hydroxylation is 2. The molecule has 0 bridgehead atoms. The molecule has 2 heterocycles. The Morgan fingerprint density at radius 3 is 2.89 bits per heavy atom. The van der Waals surface area contributed by atoms with Gasteiger partial charge in [-0.25, -0.2) is 4.79 Å². The standard InChI is InChI=1S/C13H17N3O2S/c1-9-7-10(2)16(15-9)11(8-14-13(17)18-3)12-5-4-6-19-12/h4-7,11H,8H2,1-3H3,(H,14,17). The fourth-order valence-corrected chi connectivity index (χ4v) is 2.81. The number of amides is 1. The van der Waals surface area contributed by atoms with Crippen molar-refractivity contribution in [3.63, 3.8) is 0 Å². The summed E-state index contributed by atoms with van der Waals surface area (Å²) >= 11 is 1.65. The summed E-state index contributed by atoms with van der Waals surface area (Å²) in [7, 11) is 1.36. The highest BCUT2D eigenvalue weighted by molar-refractivity contribution is 7.10. The molecule has 0 saturated heterocycles. The SMILES string of the molecule is COC(=O)NCC(c1cccs1)n1nc(C)cc1C. The van der Waals surface area contributed by atoms with E-state index in [0.29, 0.717) is 6.54 Å². The van der Waals surface area contributed by atoms with Gasteiger partial charge in [-0.15, -0.1) is 11.3 Å². The van der Waals surface area contributed by atoms with Crippen molar-refractivity contribution in [3.05, 3.63) is 39.8 Å². The van der Waals surface area contributed by atoms with E-state index in [2.05, 4.69) is 15.2 Å². The van der Waals surface area contributed by atoms with E-state index in [4.69, 9.17) is 0 Å². The van der Waals surface area contributed by atoms with E-state index in [1.807, 2.05) is 42.1 Å². The minimum absolute atomic E-state index is 0.00667. The number of aromatic nitrogens is 2. The monoisotopic (exact) mass is 279 g/mol. The van der Waals surface area contributed by atoms with Gasteiger partial charge in [-0.05, 0) is 31.4 Å². The van der Waals surface area contributed by atoms with E-state index < -0.39 is 6.09 Å². The van der Waals surface area contributed by atoms with Crippen LogP contribution in [0.15, 0.2) is 23.6 Å². The van der Waals surface area contributed by atoms with E-state index in [1.54, 1.807) is 11.3 Å². The predicted octanol–water partition coefficient (Wildman–Crippen LogP) is 2.51. The first kappa shape index (κ1) is 13.6. The van der Waals surface area contributed by atoms with Crippen LogP contribution in [0.5, 0.6) is 0 Å². The van der Waals surface area contributed by atoms with Gasteiger partial charge in [-0.1, -0.05) is 6.07 Å². The summed E-state index contributed by atoms with van der Waals surface area (Å²) < 4.78 is 6.55. The number of carbonyl (C=O) groups excluding carboxylic acids is 1. The number of carbonyl (C=O) groups is 1. The lowest BCUT2D eigenvalue weighted by molar-refractivity contribution is 0.169. The summed E-state index contributed by atoms with van der Waals surface area (Å²) in [5.74, 6) is 0. The Morgan fingerprint density at radius 1 is 1.58 bits per heavy atom. The van der Waals surface area contributed by atoms with Gasteiger partial charge in [0.15, 0.2) is 0 Å². The molecule has 1 N–H and O–H groups in total. The summed E-state index contributed by atoms with van der Waals surface area (Å²) in [6, 6.07) is 6.06. The summed E-state index contributed by atoms with van der Waals surface area (Å²) in [5, 5.41) is 9.26. The second-order valence-electron chi connectivity index (χ2n) is 4.28. The van der Waals surface area contributed by atoms with Gasteiger partial charge in [-0.2, -0.15) is 5.10 Å². The van der Waals surface area contributed by atoms with Gasteiger partial charge in [0.25, 0.3) is 0 Å². The summed E-state index contributed by atoms with van der Waals surface area (Å²) in [5.41, 5.74) is 2.04. The fraction of sp³-hybridized carbons (Fsp3) is 0.385. The third kappa shape index (κ3) is 3.14. The van der Waals surface area contributed by atoms with Gasteiger partial charge in [0, 0.05) is 17.1 Å². The highest BCUT2D eigenvalue weighted by Crippen LogP contribution is 2.24. The molecule has 102 valence electrons. The number of methoxy groups -OCH3 is 1. The maximum atomic E-state index is 11.2. The molecule has 0 aliphatic carbocycles. The number of hydrogen-bond acceptors (Lipinski definition) is 4. The number of rotatable bonds is 4. The molecule has 2 rings (SSSR count). The Bertz CT molecular complexity index is 548. The molecule has 0 aromatic carbocycles. The summed E-state index contributed by atoms with van der Waals surface area (Å²) in [6.07, 6.45) is -0.428. The minimum Gasteiger partial charge on any atom is -0.453 e. The van der Waals surface area contributed by atoms with Gasteiger partial charge < -0.3 is 10.1 Å². The highest BCUT2D eigenvalue weighted by atomic mass is 32.1.